The van der Waals surface area contributed by atoms with Gasteiger partial charge in [0.15, 0.2) is 0 Å². The van der Waals surface area contributed by atoms with Crippen LogP contribution in [0.2, 0.25) is 0 Å². The molecule has 2 aromatic heterocycles. The Morgan fingerprint density at radius 2 is 1.41 bits per heavy atom. The first-order chi connectivity index (χ1) is 35.4. The number of ether oxygens (including phenoxy) is 4. The van der Waals surface area contributed by atoms with Crippen LogP contribution in [-0.4, -0.2) is 118 Å². The molecule has 19 nitrogen and oxygen atoms in total. The molecular weight excluding hydrogens is 953 g/mol. The van der Waals surface area contributed by atoms with Crippen molar-refractivity contribution in [1.82, 2.24) is 36.7 Å². The minimum absolute atomic E-state index is 0.0268. The number of carbonyl (C=O) groups is 2. The Hall–Kier alpha value is -6.81. The third-order valence-electron chi connectivity index (χ3n) is 11.5. The molecule has 73 heavy (non-hydrogen) atoms. The first-order valence-electron chi connectivity index (χ1n) is 24.7. The summed E-state index contributed by atoms with van der Waals surface area (Å²) in [5.74, 6) is 1.59. The van der Waals surface area contributed by atoms with Crippen molar-refractivity contribution in [2.24, 2.45) is 15.6 Å². The van der Waals surface area contributed by atoms with E-state index in [9.17, 15) is 22.6 Å². The zero-order chi connectivity index (χ0) is 51.6. The van der Waals surface area contributed by atoms with Crippen molar-refractivity contribution >= 4 is 39.8 Å². The maximum atomic E-state index is 12.5. The van der Waals surface area contributed by atoms with Gasteiger partial charge in [-0.25, -0.2) is 15.5 Å². The summed E-state index contributed by atoms with van der Waals surface area (Å²) >= 11 is 0. The fourth-order valence-electron chi connectivity index (χ4n) is 7.44. The number of anilines is 1. The van der Waals surface area contributed by atoms with Crippen molar-refractivity contribution < 1.29 is 41.5 Å². The number of nitrogens with one attached hydrogen (secondary N) is 5. The van der Waals surface area contributed by atoms with Gasteiger partial charge in [-0.05, 0) is 80.3 Å². The van der Waals surface area contributed by atoms with Crippen molar-refractivity contribution in [3.63, 3.8) is 0 Å². The van der Waals surface area contributed by atoms with Crippen LogP contribution in [0.1, 0.15) is 81.1 Å². The van der Waals surface area contributed by atoms with Crippen molar-refractivity contribution in [3.8, 4) is 28.3 Å². The number of rotatable bonds is 33. The number of nitrogens with zero attached hydrogens (tertiary/aromatic N) is 5. The van der Waals surface area contributed by atoms with Crippen molar-refractivity contribution in [3.05, 3.63) is 127 Å². The van der Waals surface area contributed by atoms with Crippen LogP contribution in [0.15, 0.2) is 130 Å². The summed E-state index contributed by atoms with van der Waals surface area (Å²) in [4.78, 5) is 33.6. The highest BCUT2D eigenvalue weighted by atomic mass is 32.2. The van der Waals surface area contributed by atoms with Gasteiger partial charge in [-0.3, -0.25) is 25.0 Å². The van der Waals surface area contributed by atoms with E-state index in [4.69, 9.17) is 23.9 Å². The van der Waals surface area contributed by atoms with Crippen LogP contribution >= 0.6 is 0 Å². The predicted molar refractivity (Wildman–Crippen MR) is 281 cm³/mol. The summed E-state index contributed by atoms with van der Waals surface area (Å²) < 4.78 is 55.4. The number of unbranched alkanes of at least 4 members (excludes halogenated alkanes) is 2. The van der Waals surface area contributed by atoms with Crippen LogP contribution < -0.4 is 31.8 Å². The average Bonchev–Trinajstić information content (AvgIpc) is 3.89. The smallest absolute Gasteiger partial charge is 0.295 e. The molecule has 0 bridgehead atoms. The van der Waals surface area contributed by atoms with E-state index in [1.54, 1.807) is 18.2 Å². The largest absolute Gasteiger partial charge is 0.478 e. The number of hydrazine groups is 2. The minimum atomic E-state index is -4.40. The molecule has 0 aliphatic carbocycles. The van der Waals surface area contributed by atoms with Gasteiger partial charge in [0.05, 0.1) is 50.5 Å². The summed E-state index contributed by atoms with van der Waals surface area (Å²) in [7, 11) is -4.40. The standard InChI is InChI=1S/C53H68N10O9S/c1-53(2,26-12-14-32-72-50-38-45(41-17-5-3-6-18-41)37-46(58-50)42-19-7-4-8-20-42)52-60-62-63(61-52)29-13-11-23-49(64)54-27-15-30-69-33-35-71-36-34-70-31-16-28-55-51(65)44-24-25-48(56-39-44)59-57-40-43-21-9-10-22-47(43)73(66,67)68/h3-10,17-22,24-25,37-40,62H,11-16,23,26-36H2,1-2H3,(H,54,64)(H,55,65)(H,56,59)(H,60,61)(H,66,67,68)/b57-40+. The fraction of sp³-hybridized carbons (Fsp3) is 0.396. The quantitative estimate of drug-likeness (QED) is 0.0105. The molecule has 390 valence electrons. The Kier molecular flexibility index (Phi) is 22.5. The Morgan fingerprint density at radius 3 is 2.11 bits per heavy atom. The Balaban J connectivity index is 0.704. The minimum Gasteiger partial charge on any atom is -0.478 e. The van der Waals surface area contributed by atoms with Gasteiger partial charge in [0.2, 0.25) is 11.8 Å². The average molecular weight is 1020 g/mol. The molecule has 2 amide bonds. The van der Waals surface area contributed by atoms with E-state index in [1.807, 2.05) is 47.6 Å². The molecule has 3 heterocycles. The molecule has 0 saturated heterocycles. The normalized spacial score (nSPS) is 12.8. The second-order valence-corrected chi connectivity index (χ2v) is 19.1. The number of pyridine rings is 2. The molecule has 0 radical (unpaired) electrons. The number of benzene rings is 3. The summed E-state index contributed by atoms with van der Waals surface area (Å²) in [6.07, 6.45) is 8.77. The molecule has 0 atom stereocenters. The van der Waals surface area contributed by atoms with Crippen LogP contribution in [0.3, 0.4) is 0 Å². The van der Waals surface area contributed by atoms with Gasteiger partial charge >= 0.3 is 0 Å². The molecule has 1 aliphatic heterocycles. The summed E-state index contributed by atoms with van der Waals surface area (Å²) in [6.45, 7) is 9.29. The summed E-state index contributed by atoms with van der Waals surface area (Å²) in [6, 6.07) is 33.6. The SMILES string of the molecule is CC(C)(CCCCOc1cc(-c2ccccc2)cc(-c2ccccc2)n1)C1=NNN(CCCCC(=O)NCCCOCCOCCOCCCNC(=O)c2ccc(N/N=C/c3ccccc3S(=O)(=O)O)nc2)N1. The molecule has 20 heteroatoms. The molecule has 5 aromatic rings. The number of aromatic nitrogens is 2. The number of amidine groups is 1. The third-order valence-corrected chi connectivity index (χ3v) is 12.4. The lowest BCUT2D eigenvalue weighted by Gasteiger charge is -2.25. The zero-order valence-electron chi connectivity index (χ0n) is 41.6. The second-order valence-electron chi connectivity index (χ2n) is 17.7. The van der Waals surface area contributed by atoms with Gasteiger partial charge in [-0.15, -0.1) is 10.2 Å². The van der Waals surface area contributed by atoms with Crippen molar-refractivity contribution in [2.75, 3.05) is 71.3 Å². The molecule has 6 rings (SSSR count). The Morgan fingerprint density at radius 1 is 0.740 bits per heavy atom. The van der Waals surface area contributed by atoms with Crippen molar-refractivity contribution in [1.29, 1.82) is 0 Å². The van der Waals surface area contributed by atoms with Crippen LogP contribution in [0.5, 0.6) is 5.88 Å². The number of hydrogen-bond donors (Lipinski definition) is 6. The van der Waals surface area contributed by atoms with Gasteiger partial charge in [-0.1, -0.05) is 92.7 Å². The monoisotopic (exact) mass is 1020 g/mol. The van der Waals surface area contributed by atoms with Crippen LogP contribution in [0.4, 0.5) is 5.82 Å². The van der Waals surface area contributed by atoms with E-state index in [0.717, 1.165) is 60.3 Å². The Labute approximate surface area is 428 Å². The highest BCUT2D eigenvalue weighted by Gasteiger charge is 2.30. The number of amides is 2. The van der Waals surface area contributed by atoms with Gasteiger partial charge in [-0.2, -0.15) is 13.5 Å². The summed E-state index contributed by atoms with van der Waals surface area (Å²) in [5.41, 5.74) is 13.7. The van der Waals surface area contributed by atoms with Gasteiger partial charge in [0, 0.05) is 68.1 Å². The maximum Gasteiger partial charge on any atom is 0.295 e. The first kappa shape index (κ1) is 55.5. The molecular formula is C53H68N10O9S. The lowest BCUT2D eigenvalue weighted by molar-refractivity contribution is -0.121. The van der Waals surface area contributed by atoms with E-state index in [-0.39, 0.29) is 27.7 Å². The maximum absolute atomic E-state index is 12.5. The fourth-order valence-corrected chi connectivity index (χ4v) is 8.11. The van der Waals surface area contributed by atoms with E-state index >= 15 is 0 Å². The van der Waals surface area contributed by atoms with Crippen LogP contribution in [0, 0.1) is 5.41 Å². The van der Waals surface area contributed by atoms with E-state index < -0.39 is 10.1 Å². The zero-order valence-corrected chi connectivity index (χ0v) is 42.4. The Bertz CT molecular complexity index is 2580. The molecule has 1 aliphatic rings. The summed E-state index contributed by atoms with van der Waals surface area (Å²) in [5, 5.41) is 16.2. The lowest BCUT2D eigenvalue weighted by Crippen LogP contribution is -2.45. The molecule has 0 saturated carbocycles. The highest BCUT2D eigenvalue weighted by Crippen LogP contribution is 2.30. The van der Waals surface area contributed by atoms with Gasteiger partial charge in [0.25, 0.3) is 16.0 Å². The molecule has 0 fully saturated rings. The van der Waals surface area contributed by atoms with Crippen LogP contribution in [-0.2, 0) is 29.1 Å². The number of hydrogen-bond acceptors (Lipinski definition) is 16. The third kappa shape index (κ3) is 19.6. The topological polar surface area (TPSA) is 239 Å². The number of hydrazone groups is 2. The molecule has 0 unspecified atom stereocenters. The second kappa shape index (κ2) is 29.6. The van der Waals surface area contributed by atoms with Gasteiger partial charge < -0.3 is 29.6 Å². The van der Waals surface area contributed by atoms with Crippen molar-refractivity contribution in [2.45, 2.75) is 70.1 Å². The van der Waals surface area contributed by atoms with E-state index in [1.165, 1.54) is 30.6 Å². The lowest BCUT2D eigenvalue weighted by atomic mass is 9.86. The van der Waals surface area contributed by atoms with Crippen LogP contribution in [0.25, 0.3) is 22.4 Å². The van der Waals surface area contributed by atoms with Gasteiger partial charge in [0.1, 0.15) is 16.5 Å². The number of carbonyl (C=O) groups excluding carboxylic acids is 2. The first-order valence-corrected chi connectivity index (χ1v) is 26.1. The molecule has 6 N–H and O–H groups in total. The molecule has 0 spiro atoms. The predicted octanol–water partition coefficient (Wildman–Crippen LogP) is 7.26. The molecule has 3 aromatic carbocycles. The van der Waals surface area contributed by atoms with E-state index in [2.05, 4.69) is 86.4 Å². The van der Waals surface area contributed by atoms with E-state index in [0.29, 0.717) is 102 Å². The highest BCUT2D eigenvalue weighted by molar-refractivity contribution is 7.86.